The van der Waals surface area contributed by atoms with Crippen molar-refractivity contribution in [2.24, 2.45) is 10.8 Å². The second-order valence-corrected chi connectivity index (χ2v) is 7.63. The van der Waals surface area contributed by atoms with Gasteiger partial charge in [0.05, 0.1) is 6.61 Å². The first kappa shape index (κ1) is 17.5. The summed E-state index contributed by atoms with van der Waals surface area (Å²) in [5.41, 5.74) is 0.219. The topological polar surface area (TPSA) is 56.4 Å². The number of ether oxygens (including phenoxy) is 1. The molecular formula is C20H17F2N3O2. The quantitative estimate of drug-likeness (QED) is 0.691. The minimum Gasteiger partial charge on any atom is -0.478 e. The zero-order valence-electron chi connectivity index (χ0n) is 14.5. The summed E-state index contributed by atoms with van der Waals surface area (Å²) in [6.07, 6.45) is 4.26. The van der Waals surface area contributed by atoms with E-state index < -0.39 is 11.6 Å². The van der Waals surface area contributed by atoms with Crippen LogP contribution in [-0.2, 0) is 11.2 Å². The highest BCUT2D eigenvalue weighted by molar-refractivity contribution is 5.88. The van der Waals surface area contributed by atoms with E-state index in [0.717, 1.165) is 25.3 Å². The van der Waals surface area contributed by atoms with Gasteiger partial charge in [-0.3, -0.25) is 4.79 Å². The molecule has 1 aromatic carbocycles. The molecule has 5 rings (SSSR count). The van der Waals surface area contributed by atoms with Gasteiger partial charge in [-0.2, -0.15) is 4.98 Å². The predicted molar refractivity (Wildman–Crippen MR) is 92.2 cm³/mol. The molecule has 3 aliphatic carbocycles. The van der Waals surface area contributed by atoms with E-state index in [-0.39, 0.29) is 22.4 Å². The second-order valence-electron chi connectivity index (χ2n) is 7.63. The van der Waals surface area contributed by atoms with Crippen LogP contribution >= 0.6 is 0 Å². The lowest BCUT2D eigenvalue weighted by Crippen LogP contribution is -2.67. The summed E-state index contributed by atoms with van der Waals surface area (Å²) >= 11 is 0. The molecule has 5 nitrogen and oxygen atoms in total. The van der Waals surface area contributed by atoms with Crippen molar-refractivity contribution in [3.63, 3.8) is 0 Å². The molecule has 2 bridgehead atoms. The molecular weight excluding hydrogens is 352 g/mol. The van der Waals surface area contributed by atoms with Gasteiger partial charge in [0.25, 0.3) is 5.82 Å². The zero-order valence-corrected chi connectivity index (χ0v) is 14.5. The minimum atomic E-state index is -0.620. The molecule has 3 aliphatic rings. The van der Waals surface area contributed by atoms with Crippen LogP contribution in [0.25, 0.3) is 4.85 Å². The number of carbonyl (C=O) groups excluding carboxylic acids is 1. The van der Waals surface area contributed by atoms with Crippen LogP contribution in [0.4, 0.5) is 14.6 Å². The number of carbonyl (C=O) groups is 1. The summed E-state index contributed by atoms with van der Waals surface area (Å²) in [7, 11) is 0. The van der Waals surface area contributed by atoms with E-state index in [0.29, 0.717) is 30.9 Å². The number of hydrogen-bond donors (Lipinski definition) is 0. The first-order valence-corrected chi connectivity index (χ1v) is 8.73. The Kier molecular flexibility index (Phi) is 4.14. The molecule has 27 heavy (non-hydrogen) atoms. The van der Waals surface area contributed by atoms with Gasteiger partial charge in [-0.25, -0.2) is 8.78 Å². The lowest BCUT2D eigenvalue weighted by molar-refractivity contribution is -0.215. The first-order chi connectivity index (χ1) is 12.9. The highest BCUT2D eigenvalue weighted by Crippen LogP contribution is 2.73. The van der Waals surface area contributed by atoms with E-state index in [9.17, 15) is 13.6 Å². The van der Waals surface area contributed by atoms with E-state index in [1.807, 2.05) is 0 Å². The van der Waals surface area contributed by atoms with Gasteiger partial charge in [0.2, 0.25) is 12.2 Å². The Morgan fingerprint density at radius 1 is 1.15 bits per heavy atom. The highest BCUT2D eigenvalue weighted by atomic mass is 19.1. The number of aromatic nitrogens is 2. The van der Waals surface area contributed by atoms with E-state index in [1.54, 1.807) is 0 Å². The van der Waals surface area contributed by atoms with E-state index >= 15 is 0 Å². The molecule has 0 saturated heterocycles. The maximum atomic E-state index is 13.2. The summed E-state index contributed by atoms with van der Waals surface area (Å²) in [5, 5.41) is 0. The van der Waals surface area contributed by atoms with Gasteiger partial charge >= 0.3 is 0 Å². The Bertz CT molecular complexity index is 914. The fourth-order valence-electron chi connectivity index (χ4n) is 4.42. The number of ketones is 1. The summed E-state index contributed by atoms with van der Waals surface area (Å²) in [5.74, 6) is -0.478. The van der Waals surface area contributed by atoms with Crippen LogP contribution < -0.4 is 4.74 Å². The summed E-state index contributed by atoms with van der Waals surface area (Å²) in [4.78, 5) is 23.6. The van der Waals surface area contributed by atoms with Gasteiger partial charge in [0.1, 0.15) is 17.4 Å². The normalized spacial score (nSPS) is 25.1. The molecule has 1 aromatic heterocycles. The molecule has 3 saturated carbocycles. The van der Waals surface area contributed by atoms with Crippen molar-refractivity contribution in [2.75, 3.05) is 6.61 Å². The minimum absolute atomic E-state index is 0.00381. The maximum Gasteiger partial charge on any atom is 0.276 e. The Morgan fingerprint density at radius 2 is 1.85 bits per heavy atom. The van der Waals surface area contributed by atoms with Crippen LogP contribution in [-0.4, -0.2) is 22.4 Å². The fraction of sp³-hybridized carbons (Fsp3) is 0.400. The third-order valence-electron chi connectivity index (χ3n) is 5.56. The van der Waals surface area contributed by atoms with Gasteiger partial charge in [-0.15, -0.1) is 4.98 Å². The Hall–Kier alpha value is -2.88. The van der Waals surface area contributed by atoms with Crippen LogP contribution in [0, 0.1) is 29.0 Å². The van der Waals surface area contributed by atoms with Crippen LogP contribution in [0.3, 0.4) is 0 Å². The number of hydrogen-bond acceptors (Lipinski definition) is 4. The molecule has 0 spiro atoms. The highest BCUT2D eigenvalue weighted by Gasteiger charge is 2.70. The van der Waals surface area contributed by atoms with Crippen LogP contribution in [0.2, 0.25) is 0 Å². The van der Waals surface area contributed by atoms with Gasteiger partial charge in [-0.1, -0.05) is 6.57 Å². The standard InChI is InChI=1S/C20H17F2N3O2/c1-23-17-7-18(25-12-24-17)27-11-19-8-20(9-19,10-19)16(26)3-2-13-4-14(21)6-15(22)5-13/h4-7,12H,2-3,8-11H2. The SMILES string of the molecule is [C-]#[N+]c1cc(OCC23CC(C(=O)CCc4cc(F)cc(F)c4)(C2)C3)ncn1. The van der Waals surface area contributed by atoms with Crippen molar-refractivity contribution in [1.29, 1.82) is 0 Å². The lowest BCUT2D eigenvalue weighted by Gasteiger charge is -2.69. The molecule has 3 fully saturated rings. The number of rotatable bonds is 7. The van der Waals surface area contributed by atoms with E-state index in [2.05, 4.69) is 14.8 Å². The molecule has 1 heterocycles. The molecule has 2 aromatic rings. The second kappa shape index (κ2) is 6.38. The molecule has 0 atom stereocenters. The number of benzene rings is 1. The molecule has 0 radical (unpaired) electrons. The summed E-state index contributed by atoms with van der Waals surface area (Å²) in [6, 6.07) is 4.87. The number of halogens is 2. The number of Topliss-reactive ketones (excluding diaryl/α,β-unsaturated/α-hetero) is 1. The van der Waals surface area contributed by atoms with E-state index in [1.165, 1.54) is 24.5 Å². The molecule has 0 unspecified atom stereocenters. The Morgan fingerprint density at radius 3 is 2.52 bits per heavy atom. The largest absolute Gasteiger partial charge is 0.478 e. The fourth-order valence-corrected chi connectivity index (χ4v) is 4.42. The zero-order chi connectivity index (χ0) is 19.1. The first-order valence-electron chi connectivity index (χ1n) is 8.73. The predicted octanol–water partition coefficient (Wildman–Crippen LogP) is 4.06. The van der Waals surface area contributed by atoms with Crippen LogP contribution in [0.5, 0.6) is 5.88 Å². The van der Waals surface area contributed by atoms with Crippen molar-refractivity contribution in [1.82, 2.24) is 9.97 Å². The monoisotopic (exact) mass is 369 g/mol. The van der Waals surface area contributed by atoms with Gasteiger partial charge < -0.3 is 9.58 Å². The summed E-state index contributed by atoms with van der Waals surface area (Å²) < 4.78 is 32.1. The molecule has 0 amide bonds. The number of nitrogens with zero attached hydrogens (tertiary/aromatic N) is 3. The lowest BCUT2D eigenvalue weighted by atomic mass is 9.34. The third kappa shape index (κ3) is 3.27. The van der Waals surface area contributed by atoms with Crippen molar-refractivity contribution in [3.05, 3.63) is 59.2 Å². The van der Waals surface area contributed by atoms with Crippen LogP contribution in [0.1, 0.15) is 31.2 Å². The van der Waals surface area contributed by atoms with Gasteiger partial charge in [0, 0.05) is 29.4 Å². The third-order valence-corrected chi connectivity index (χ3v) is 5.56. The van der Waals surface area contributed by atoms with Gasteiger partial charge in [0.15, 0.2) is 0 Å². The number of aryl methyl sites for hydroxylation is 1. The smallest absolute Gasteiger partial charge is 0.276 e. The van der Waals surface area contributed by atoms with Crippen molar-refractivity contribution in [2.45, 2.75) is 32.1 Å². The van der Waals surface area contributed by atoms with Crippen molar-refractivity contribution < 1.29 is 18.3 Å². The van der Waals surface area contributed by atoms with Crippen LogP contribution in [0.15, 0.2) is 30.6 Å². The Labute approximate surface area is 155 Å². The maximum absolute atomic E-state index is 13.2. The van der Waals surface area contributed by atoms with Crippen molar-refractivity contribution >= 4 is 11.6 Å². The molecule has 7 heteroatoms. The molecule has 0 aliphatic heterocycles. The van der Waals surface area contributed by atoms with Gasteiger partial charge in [-0.05, 0) is 43.4 Å². The average molecular weight is 369 g/mol. The average Bonchev–Trinajstić information content (AvgIpc) is 2.57. The molecule has 138 valence electrons. The summed E-state index contributed by atoms with van der Waals surface area (Å²) in [6.45, 7) is 7.41. The van der Waals surface area contributed by atoms with Crippen molar-refractivity contribution in [3.8, 4) is 5.88 Å². The molecule has 0 N–H and O–H groups in total. The van der Waals surface area contributed by atoms with E-state index in [4.69, 9.17) is 11.3 Å². The Balaban J connectivity index is 1.27.